The Morgan fingerprint density at radius 1 is 1.02 bits per heavy atom. The Bertz CT molecular complexity index is 1530. The first-order chi connectivity index (χ1) is 19.5. The number of carbonyl (C=O) groups is 2. The fourth-order valence-electron chi connectivity index (χ4n) is 5.72. The average Bonchev–Trinajstić information content (AvgIpc) is 3.60. The van der Waals surface area contributed by atoms with Crippen LogP contribution in [0.25, 0.3) is 22.5 Å². The fraction of sp³-hybridized carbons (Fsp3) is 0.400. The van der Waals surface area contributed by atoms with Crippen LogP contribution in [0.1, 0.15) is 84.8 Å². The highest BCUT2D eigenvalue weighted by Crippen LogP contribution is 2.30. The number of benzene rings is 2. The van der Waals surface area contributed by atoms with Gasteiger partial charge in [-0.05, 0) is 58.7 Å². The van der Waals surface area contributed by atoms with Gasteiger partial charge in [-0.15, -0.1) is 5.10 Å². The van der Waals surface area contributed by atoms with Crippen molar-refractivity contribution in [3.63, 3.8) is 0 Å². The van der Waals surface area contributed by atoms with Crippen LogP contribution in [0, 0.1) is 5.92 Å². The zero-order chi connectivity index (χ0) is 28.1. The number of nitrogens with one attached hydrogen (secondary N) is 1. The number of hydrogen-bond acceptors (Lipinski definition) is 6. The molecule has 0 saturated heterocycles. The molecule has 1 aliphatic carbocycles. The van der Waals surface area contributed by atoms with Gasteiger partial charge in [-0.3, -0.25) is 9.36 Å². The van der Waals surface area contributed by atoms with Crippen molar-refractivity contribution in [2.75, 3.05) is 0 Å². The standard InChI is InChI=1S/C30H34N6O4/c1-2-3-13-25-27(29(38)39)36(26(37)18-20-9-5-4-6-10-20)30(40)35(25)19-21-14-16-22(17-15-21)23-11-7-8-12-24(23)28-31-33-34-32-28/h7-8,11-12,14-17,20H,2-6,9-10,13,18-19H2,1H3,(H,38,39)(H,31,32,33,34). The molecule has 0 atom stereocenters. The first kappa shape index (κ1) is 27.2. The minimum absolute atomic E-state index is 0.176. The highest BCUT2D eigenvalue weighted by Gasteiger charge is 2.29. The van der Waals surface area contributed by atoms with E-state index >= 15 is 0 Å². The molecule has 208 valence electrons. The molecule has 0 radical (unpaired) electrons. The van der Waals surface area contributed by atoms with Crippen molar-refractivity contribution in [3.05, 3.63) is 76.0 Å². The number of aromatic carboxylic acids is 1. The Kier molecular flexibility index (Phi) is 8.33. The van der Waals surface area contributed by atoms with Crippen molar-refractivity contribution < 1.29 is 14.7 Å². The van der Waals surface area contributed by atoms with Crippen molar-refractivity contribution in [3.8, 4) is 22.5 Å². The van der Waals surface area contributed by atoms with E-state index in [1.807, 2.05) is 55.5 Å². The number of unbranched alkanes of at least 4 members (excludes halogenated alkanes) is 1. The van der Waals surface area contributed by atoms with Gasteiger partial charge in [0.25, 0.3) is 0 Å². The molecule has 2 aromatic heterocycles. The highest BCUT2D eigenvalue weighted by atomic mass is 16.4. The van der Waals surface area contributed by atoms with Gasteiger partial charge in [0.05, 0.1) is 12.2 Å². The fourth-order valence-corrected chi connectivity index (χ4v) is 5.72. The van der Waals surface area contributed by atoms with E-state index in [2.05, 4.69) is 20.6 Å². The number of aromatic amines is 1. The van der Waals surface area contributed by atoms with Crippen LogP contribution in [-0.4, -0.2) is 46.7 Å². The maximum atomic E-state index is 13.6. The third kappa shape index (κ3) is 5.66. The Morgan fingerprint density at radius 2 is 1.75 bits per heavy atom. The van der Waals surface area contributed by atoms with Crippen molar-refractivity contribution in [2.24, 2.45) is 5.92 Å². The average molecular weight is 543 g/mol. The molecule has 4 aromatic rings. The van der Waals surface area contributed by atoms with Crippen LogP contribution < -0.4 is 5.69 Å². The van der Waals surface area contributed by atoms with Crippen LogP contribution in [0.2, 0.25) is 0 Å². The summed E-state index contributed by atoms with van der Waals surface area (Å²) in [4.78, 5) is 39.4. The molecule has 0 unspecified atom stereocenters. The number of carboxylic acids is 1. The number of carbonyl (C=O) groups excluding carboxylic acids is 1. The normalized spacial score (nSPS) is 13.9. The lowest BCUT2D eigenvalue weighted by atomic mass is 9.87. The van der Waals surface area contributed by atoms with E-state index in [1.54, 1.807) is 0 Å². The van der Waals surface area contributed by atoms with Gasteiger partial charge in [-0.25, -0.2) is 19.3 Å². The minimum atomic E-state index is -1.24. The largest absolute Gasteiger partial charge is 0.477 e. The summed E-state index contributed by atoms with van der Waals surface area (Å²) in [5, 5.41) is 24.3. The van der Waals surface area contributed by atoms with Crippen LogP contribution in [0.5, 0.6) is 0 Å². The Hall–Kier alpha value is -4.34. The molecule has 2 aromatic carbocycles. The second kappa shape index (κ2) is 12.2. The molecule has 0 bridgehead atoms. The van der Waals surface area contributed by atoms with E-state index < -0.39 is 17.6 Å². The first-order valence-electron chi connectivity index (χ1n) is 14.0. The van der Waals surface area contributed by atoms with Gasteiger partial charge in [0, 0.05) is 12.0 Å². The van der Waals surface area contributed by atoms with Crippen LogP contribution in [0.4, 0.5) is 0 Å². The summed E-state index contributed by atoms with van der Waals surface area (Å²) in [5.41, 5.74) is 3.22. The Balaban J connectivity index is 1.48. The van der Waals surface area contributed by atoms with Gasteiger partial charge >= 0.3 is 11.7 Å². The lowest BCUT2D eigenvalue weighted by molar-refractivity contribution is 0.0666. The lowest BCUT2D eigenvalue weighted by Gasteiger charge is -2.20. The van der Waals surface area contributed by atoms with Crippen molar-refractivity contribution in [2.45, 2.75) is 71.3 Å². The zero-order valence-electron chi connectivity index (χ0n) is 22.7. The summed E-state index contributed by atoms with van der Waals surface area (Å²) in [6.45, 7) is 2.19. The summed E-state index contributed by atoms with van der Waals surface area (Å²) in [7, 11) is 0. The summed E-state index contributed by atoms with van der Waals surface area (Å²) in [6.07, 6.45) is 7.33. The van der Waals surface area contributed by atoms with Crippen LogP contribution >= 0.6 is 0 Å². The van der Waals surface area contributed by atoms with Gasteiger partial charge in [0.1, 0.15) is 0 Å². The van der Waals surface area contributed by atoms with Crippen LogP contribution in [0.15, 0.2) is 53.3 Å². The number of rotatable bonds is 10. The number of carboxylic acid groups (broad SMARTS) is 1. The lowest BCUT2D eigenvalue weighted by Crippen LogP contribution is -2.32. The smallest absolute Gasteiger partial charge is 0.354 e. The van der Waals surface area contributed by atoms with E-state index in [1.165, 1.54) is 4.57 Å². The minimum Gasteiger partial charge on any atom is -0.477 e. The van der Waals surface area contributed by atoms with Crippen LogP contribution in [0.3, 0.4) is 0 Å². The second-order valence-corrected chi connectivity index (χ2v) is 10.5. The monoisotopic (exact) mass is 542 g/mol. The van der Waals surface area contributed by atoms with Crippen molar-refractivity contribution in [1.82, 2.24) is 29.8 Å². The van der Waals surface area contributed by atoms with Gasteiger partial charge in [-0.1, -0.05) is 81.1 Å². The highest BCUT2D eigenvalue weighted by molar-refractivity contribution is 5.93. The van der Waals surface area contributed by atoms with Gasteiger partial charge in [-0.2, -0.15) is 0 Å². The molecule has 5 rings (SSSR count). The maximum absolute atomic E-state index is 13.6. The van der Waals surface area contributed by atoms with Gasteiger partial charge in [0.2, 0.25) is 5.91 Å². The molecular formula is C30H34N6O4. The van der Waals surface area contributed by atoms with E-state index in [4.69, 9.17) is 0 Å². The summed E-state index contributed by atoms with van der Waals surface area (Å²) < 4.78 is 2.40. The number of H-pyrrole nitrogens is 1. The predicted octanol–water partition coefficient (Wildman–Crippen LogP) is 5.20. The molecule has 1 fully saturated rings. The third-order valence-electron chi connectivity index (χ3n) is 7.79. The number of aromatic nitrogens is 6. The van der Waals surface area contributed by atoms with E-state index in [0.717, 1.165) is 65.3 Å². The predicted molar refractivity (Wildman–Crippen MR) is 150 cm³/mol. The molecule has 0 spiro atoms. The maximum Gasteiger partial charge on any atom is 0.354 e. The first-order valence-corrected chi connectivity index (χ1v) is 14.0. The van der Waals surface area contributed by atoms with Crippen molar-refractivity contribution >= 4 is 11.9 Å². The molecule has 10 heteroatoms. The SMILES string of the molecule is CCCCc1c(C(=O)O)n(C(=O)CC2CCCCC2)c(=O)n1Cc1ccc(-c2ccccc2-c2nnn[nH]2)cc1. The third-order valence-corrected chi connectivity index (χ3v) is 7.79. The number of hydrogen-bond donors (Lipinski definition) is 2. The summed E-state index contributed by atoms with van der Waals surface area (Å²) in [6, 6.07) is 15.5. The Morgan fingerprint density at radius 3 is 2.40 bits per heavy atom. The summed E-state index contributed by atoms with van der Waals surface area (Å²) in [5.74, 6) is -0.903. The zero-order valence-corrected chi connectivity index (χ0v) is 22.7. The molecule has 2 heterocycles. The van der Waals surface area contributed by atoms with E-state index in [0.29, 0.717) is 24.4 Å². The molecule has 0 aliphatic heterocycles. The topological polar surface area (TPSA) is 136 Å². The van der Waals surface area contributed by atoms with Gasteiger partial charge < -0.3 is 5.11 Å². The summed E-state index contributed by atoms with van der Waals surface area (Å²) >= 11 is 0. The quantitative estimate of drug-likeness (QED) is 0.281. The Labute approximate surface area is 232 Å². The van der Waals surface area contributed by atoms with Gasteiger partial charge in [0.15, 0.2) is 11.5 Å². The van der Waals surface area contributed by atoms with E-state index in [9.17, 15) is 19.5 Å². The molecule has 1 saturated carbocycles. The molecular weight excluding hydrogens is 508 g/mol. The number of tetrazole rings is 1. The van der Waals surface area contributed by atoms with Crippen molar-refractivity contribution in [1.29, 1.82) is 0 Å². The number of imidazole rings is 1. The molecule has 10 nitrogen and oxygen atoms in total. The molecule has 40 heavy (non-hydrogen) atoms. The molecule has 2 N–H and O–H groups in total. The second-order valence-electron chi connectivity index (χ2n) is 10.5. The molecule has 0 amide bonds. The van der Waals surface area contributed by atoms with Crippen LogP contribution in [-0.2, 0) is 13.0 Å². The molecule has 1 aliphatic rings. The number of nitrogens with zero attached hydrogens (tertiary/aromatic N) is 5. The van der Waals surface area contributed by atoms with E-state index in [-0.39, 0.29) is 24.6 Å².